The summed E-state index contributed by atoms with van der Waals surface area (Å²) in [4.78, 5) is 18.4. The zero-order valence-corrected chi connectivity index (χ0v) is 14.2. The predicted molar refractivity (Wildman–Crippen MR) is 92.6 cm³/mol. The topological polar surface area (TPSA) is 66.0 Å². The van der Waals surface area contributed by atoms with Crippen molar-refractivity contribution in [1.82, 2.24) is 10.2 Å². The Balaban J connectivity index is 1.88. The van der Waals surface area contributed by atoms with E-state index in [0.717, 1.165) is 32.7 Å². The Morgan fingerprint density at radius 2 is 2.17 bits per heavy atom. The van der Waals surface area contributed by atoms with E-state index in [2.05, 4.69) is 15.6 Å². The number of hydrogen-bond donors (Lipinski definition) is 2. The van der Waals surface area contributed by atoms with Crippen LogP contribution in [0, 0.1) is 11.7 Å². The highest BCUT2D eigenvalue weighted by Gasteiger charge is 2.19. The molecule has 0 bridgehead atoms. The van der Waals surface area contributed by atoms with Crippen LogP contribution in [0.5, 0.6) is 0 Å². The van der Waals surface area contributed by atoms with Gasteiger partial charge in [0, 0.05) is 38.3 Å². The second-order valence-corrected chi connectivity index (χ2v) is 5.84. The number of guanidine groups is 1. The van der Waals surface area contributed by atoms with Crippen molar-refractivity contribution in [3.63, 3.8) is 0 Å². The van der Waals surface area contributed by atoms with E-state index in [0.29, 0.717) is 17.6 Å². The number of nitrogens with one attached hydrogen (secondary N) is 2. The molecule has 1 saturated heterocycles. The van der Waals surface area contributed by atoms with Crippen molar-refractivity contribution in [1.29, 1.82) is 0 Å². The minimum absolute atomic E-state index is 0.00518. The molecule has 7 heteroatoms. The summed E-state index contributed by atoms with van der Waals surface area (Å²) in [5.74, 6) is 0.609. The Morgan fingerprint density at radius 1 is 1.42 bits per heavy atom. The van der Waals surface area contributed by atoms with E-state index in [1.54, 1.807) is 0 Å². The second kappa shape index (κ2) is 9.22. The molecule has 1 aliphatic rings. The molecule has 0 aromatic heterocycles. The van der Waals surface area contributed by atoms with E-state index >= 15 is 0 Å². The molecule has 1 aliphatic heterocycles. The predicted octanol–water partition coefficient (Wildman–Crippen LogP) is 1.70. The van der Waals surface area contributed by atoms with Crippen molar-refractivity contribution in [2.24, 2.45) is 10.9 Å². The monoisotopic (exact) mass is 336 g/mol. The van der Waals surface area contributed by atoms with Gasteiger partial charge in [-0.2, -0.15) is 0 Å². The zero-order valence-electron chi connectivity index (χ0n) is 14.2. The normalized spacial score (nSPS) is 17.6. The van der Waals surface area contributed by atoms with Crippen LogP contribution in [-0.2, 0) is 9.53 Å². The van der Waals surface area contributed by atoms with Crippen molar-refractivity contribution in [3.8, 4) is 0 Å². The summed E-state index contributed by atoms with van der Waals surface area (Å²) in [6.07, 6.45) is 1.05. The lowest BCUT2D eigenvalue weighted by Crippen LogP contribution is -2.42. The molecule has 0 radical (unpaired) electrons. The van der Waals surface area contributed by atoms with Crippen LogP contribution in [0.3, 0.4) is 0 Å². The summed E-state index contributed by atoms with van der Waals surface area (Å²) in [5.41, 5.74) is 0.554. The van der Waals surface area contributed by atoms with E-state index in [1.165, 1.54) is 24.3 Å². The fourth-order valence-electron chi connectivity index (χ4n) is 2.55. The van der Waals surface area contributed by atoms with Gasteiger partial charge in [0.15, 0.2) is 5.96 Å². The number of hydrogen-bond acceptors (Lipinski definition) is 3. The van der Waals surface area contributed by atoms with Gasteiger partial charge < -0.3 is 20.3 Å². The Labute approximate surface area is 142 Å². The maximum atomic E-state index is 12.9. The summed E-state index contributed by atoms with van der Waals surface area (Å²) >= 11 is 0. The number of carbonyl (C=O) groups is 1. The summed E-state index contributed by atoms with van der Waals surface area (Å²) in [6, 6.07) is 5.66. The number of ether oxygens (including phenoxy) is 1. The minimum Gasteiger partial charge on any atom is -0.381 e. The highest BCUT2D eigenvalue weighted by molar-refractivity contribution is 5.94. The lowest BCUT2D eigenvalue weighted by molar-refractivity contribution is -0.114. The SMILES string of the molecule is CCNC(=NCC(=O)Nc1ccc(F)cc1)N(C)CC1CCOC1. The van der Waals surface area contributed by atoms with E-state index in [-0.39, 0.29) is 18.3 Å². The summed E-state index contributed by atoms with van der Waals surface area (Å²) in [5, 5.41) is 5.89. The summed E-state index contributed by atoms with van der Waals surface area (Å²) < 4.78 is 18.3. The van der Waals surface area contributed by atoms with Gasteiger partial charge in [-0.15, -0.1) is 0 Å². The average molecular weight is 336 g/mol. The summed E-state index contributed by atoms with van der Waals surface area (Å²) in [7, 11) is 1.96. The first-order valence-electron chi connectivity index (χ1n) is 8.21. The highest BCUT2D eigenvalue weighted by Crippen LogP contribution is 2.13. The fraction of sp³-hybridized carbons (Fsp3) is 0.529. The van der Waals surface area contributed by atoms with Crippen molar-refractivity contribution in [3.05, 3.63) is 30.1 Å². The Hall–Kier alpha value is -2.15. The maximum absolute atomic E-state index is 12.9. The maximum Gasteiger partial charge on any atom is 0.246 e. The lowest BCUT2D eigenvalue weighted by atomic mass is 10.1. The molecule has 1 fully saturated rings. The van der Waals surface area contributed by atoms with Crippen LogP contribution in [-0.4, -0.2) is 56.7 Å². The Morgan fingerprint density at radius 3 is 2.79 bits per heavy atom. The van der Waals surface area contributed by atoms with Crippen molar-refractivity contribution < 1.29 is 13.9 Å². The molecule has 24 heavy (non-hydrogen) atoms. The smallest absolute Gasteiger partial charge is 0.246 e. The van der Waals surface area contributed by atoms with Crippen LogP contribution in [0.25, 0.3) is 0 Å². The first-order chi connectivity index (χ1) is 11.6. The van der Waals surface area contributed by atoms with Crippen molar-refractivity contribution in [2.75, 3.05) is 45.2 Å². The van der Waals surface area contributed by atoms with Crippen LogP contribution < -0.4 is 10.6 Å². The van der Waals surface area contributed by atoms with Gasteiger partial charge in [0.05, 0.1) is 6.61 Å². The molecule has 1 amide bonds. The van der Waals surface area contributed by atoms with Crippen molar-refractivity contribution >= 4 is 17.6 Å². The van der Waals surface area contributed by atoms with Crippen LogP contribution in [0.2, 0.25) is 0 Å². The standard InChI is InChI=1S/C17H25FN4O2/c1-3-19-17(22(2)11-13-8-9-24-12-13)20-10-16(23)21-15-6-4-14(18)5-7-15/h4-7,13H,3,8-12H2,1-2H3,(H,19,20)(H,21,23). The number of nitrogens with zero attached hydrogens (tertiary/aromatic N) is 2. The van der Waals surface area contributed by atoms with E-state index < -0.39 is 0 Å². The Bertz CT molecular complexity index is 556. The van der Waals surface area contributed by atoms with Gasteiger partial charge >= 0.3 is 0 Å². The molecule has 0 aliphatic carbocycles. The lowest BCUT2D eigenvalue weighted by Gasteiger charge is -2.24. The van der Waals surface area contributed by atoms with Gasteiger partial charge in [-0.25, -0.2) is 9.38 Å². The number of anilines is 1. The van der Waals surface area contributed by atoms with Crippen LogP contribution in [0.1, 0.15) is 13.3 Å². The molecule has 1 atom stereocenters. The zero-order chi connectivity index (χ0) is 17.4. The highest BCUT2D eigenvalue weighted by atomic mass is 19.1. The molecular formula is C17H25FN4O2. The first-order valence-corrected chi connectivity index (χ1v) is 8.21. The molecular weight excluding hydrogens is 311 g/mol. The number of carbonyl (C=O) groups excluding carboxylic acids is 1. The molecule has 1 heterocycles. The average Bonchev–Trinajstić information content (AvgIpc) is 3.06. The molecule has 0 saturated carbocycles. The molecule has 132 valence electrons. The number of aliphatic imine (C=N–C) groups is 1. The molecule has 1 unspecified atom stereocenters. The first kappa shape index (κ1) is 18.2. The third-order valence-electron chi connectivity index (χ3n) is 3.75. The molecule has 2 rings (SSSR count). The quantitative estimate of drug-likeness (QED) is 0.613. The van der Waals surface area contributed by atoms with Crippen LogP contribution in [0.15, 0.2) is 29.3 Å². The van der Waals surface area contributed by atoms with Gasteiger partial charge in [0.25, 0.3) is 0 Å². The van der Waals surface area contributed by atoms with Crippen molar-refractivity contribution in [2.45, 2.75) is 13.3 Å². The van der Waals surface area contributed by atoms with E-state index in [4.69, 9.17) is 4.74 Å². The molecule has 1 aromatic rings. The van der Waals surface area contributed by atoms with Gasteiger partial charge in [-0.1, -0.05) is 0 Å². The molecule has 6 nitrogen and oxygen atoms in total. The van der Waals surface area contributed by atoms with Gasteiger partial charge in [0.1, 0.15) is 12.4 Å². The van der Waals surface area contributed by atoms with Gasteiger partial charge in [-0.3, -0.25) is 4.79 Å². The van der Waals surface area contributed by atoms with Crippen LogP contribution in [0.4, 0.5) is 10.1 Å². The van der Waals surface area contributed by atoms with Crippen LogP contribution >= 0.6 is 0 Å². The van der Waals surface area contributed by atoms with Gasteiger partial charge in [0.2, 0.25) is 5.91 Å². The summed E-state index contributed by atoms with van der Waals surface area (Å²) in [6.45, 7) is 5.14. The Kier molecular flexibility index (Phi) is 6.99. The van der Waals surface area contributed by atoms with E-state index in [1.807, 2.05) is 18.9 Å². The fourth-order valence-corrected chi connectivity index (χ4v) is 2.55. The van der Waals surface area contributed by atoms with E-state index in [9.17, 15) is 9.18 Å². The third kappa shape index (κ3) is 5.81. The molecule has 0 spiro atoms. The number of amides is 1. The number of rotatable bonds is 6. The third-order valence-corrected chi connectivity index (χ3v) is 3.75. The molecule has 2 N–H and O–H groups in total. The molecule has 1 aromatic carbocycles. The number of halogens is 1. The largest absolute Gasteiger partial charge is 0.381 e. The number of benzene rings is 1. The second-order valence-electron chi connectivity index (χ2n) is 5.84. The van der Waals surface area contributed by atoms with Gasteiger partial charge in [-0.05, 0) is 37.6 Å². The minimum atomic E-state index is -0.335.